The monoisotopic (exact) mass is 636 g/mol. The zero-order valence-corrected chi connectivity index (χ0v) is 26.6. The van der Waals surface area contributed by atoms with E-state index in [-0.39, 0.29) is 32.1 Å². The number of carbonyl (C=O) groups is 5. The maximum atomic E-state index is 12.9. The fourth-order valence-corrected chi connectivity index (χ4v) is 5.19. The third-order valence-electron chi connectivity index (χ3n) is 7.40. The quantitative estimate of drug-likeness (QED) is 0.0847. The van der Waals surface area contributed by atoms with Crippen molar-refractivity contribution in [3.8, 4) is 0 Å². The summed E-state index contributed by atoms with van der Waals surface area (Å²) in [6.45, 7) is 0.535. The molecule has 254 valence electrons. The summed E-state index contributed by atoms with van der Waals surface area (Å²) in [4.78, 5) is 63.2. The Kier molecular flexibility index (Phi) is 20.9. The van der Waals surface area contributed by atoms with Gasteiger partial charge in [-0.2, -0.15) is 0 Å². The van der Waals surface area contributed by atoms with Gasteiger partial charge in [-0.25, -0.2) is 0 Å². The highest BCUT2D eigenvalue weighted by Crippen LogP contribution is 2.13. The number of unbranched alkanes of at least 4 members (excludes halogenated alkanes) is 8. The van der Waals surface area contributed by atoms with Gasteiger partial charge in [-0.1, -0.05) is 88.6 Å². The first-order valence-corrected chi connectivity index (χ1v) is 15.9. The van der Waals surface area contributed by atoms with Crippen molar-refractivity contribution in [3.05, 3.63) is 35.9 Å². The van der Waals surface area contributed by atoms with Gasteiger partial charge in [-0.15, -0.1) is 0 Å². The van der Waals surface area contributed by atoms with Gasteiger partial charge in [-0.3, -0.25) is 38.7 Å². The second-order valence-corrected chi connectivity index (χ2v) is 11.4. The number of amides is 1. The lowest BCUT2D eigenvalue weighted by Crippen LogP contribution is -2.52. The molecule has 5 N–H and O–H groups in total. The second kappa shape index (κ2) is 23.8. The van der Waals surface area contributed by atoms with E-state index in [9.17, 15) is 34.2 Å². The lowest BCUT2D eigenvalue weighted by atomic mass is 10.0. The molecule has 0 radical (unpaired) electrons. The molecule has 0 saturated heterocycles. The van der Waals surface area contributed by atoms with Gasteiger partial charge in [-0.05, 0) is 18.4 Å². The van der Waals surface area contributed by atoms with Crippen molar-refractivity contribution in [2.75, 3.05) is 58.9 Å². The van der Waals surface area contributed by atoms with Crippen LogP contribution in [0.2, 0.25) is 0 Å². The Bertz CT molecular complexity index is 1010. The van der Waals surface area contributed by atoms with Crippen molar-refractivity contribution in [3.63, 3.8) is 0 Å². The second-order valence-electron chi connectivity index (χ2n) is 11.4. The number of rotatable bonds is 28. The molecule has 0 spiro atoms. The summed E-state index contributed by atoms with van der Waals surface area (Å²) in [7, 11) is 0. The van der Waals surface area contributed by atoms with E-state index in [0.29, 0.717) is 13.0 Å². The number of hydrogen-bond donors (Lipinski definition) is 5. The van der Waals surface area contributed by atoms with E-state index < -0.39 is 56.1 Å². The molecule has 0 saturated carbocycles. The van der Waals surface area contributed by atoms with E-state index in [0.717, 1.165) is 24.8 Å². The molecule has 1 unspecified atom stereocenters. The highest BCUT2D eigenvalue weighted by molar-refractivity contribution is 5.79. The van der Waals surface area contributed by atoms with E-state index in [1.807, 2.05) is 30.3 Å². The van der Waals surface area contributed by atoms with Crippen LogP contribution in [-0.2, 0) is 30.4 Å². The molecule has 1 atom stereocenters. The molecule has 0 aliphatic rings. The van der Waals surface area contributed by atoms with Gasteiger partial charge in [0.1, 0.15) is 0 Å². The molecule has 1 aromatic rings. The van der Waals surface area contributed by atoms with Crippen LogP contribution in [0.25, 0.3) is 0 Å². The Labute approximate surface area is 266 Å². The van der Waals surface area contributed by atoms with Gasteiger partial charge in [0.05, 0.1) is 32.7 Å². The molecular weight excluding hydrogens is 584 g/mol. The smallest absolute Gasteiger partial charge is 0.317 e. The van der Waals surface area contributed by atoms with Gasteiger partial charge in [0.15, 0.2) is 0 Å². The number of nitrogens with one attached hydrogen (secondary N) is 1. The third-order valence-corrected chi connectivity index (χ3v) is 7.40. The van der Waals surface area contributed by atoms with E-state index in [1.54, 1.807) is 0 Å². The standard InChI is InChI=1S/C32H52N4O9/c1-2-3-4-5-6-7-8-9-13-16-33-28(37)21-36(25-32(44)45)27(19-26-14-11-10-12-15-26)20-34(22-29(38)39)17-18-35(23-30(40)41)24-31(42)43/h10-12,14-15,27H,2-9,13,16-25H2,1H3,(H,33,37)(H,38,39)(H,40,41)(H,42,43)(H,44,45). The average Bonchev–Trinajstić information content (AvgIpc) is 2.95. The van der Waals surface area contributed by atoms with Crippen molar-refractivity contribution in [1.29, 1.82) is 0 Å². The molecule has 1 rings (SSSR count). The van der Waals surface area contributed by atoms with Crippen molar-refractivity contribution in [1.82, 2.24) is 20.0 Å². The number of carbonyl (C=O) groups excluding carboxylic acids is 1. The van der Waals surface area contributed by atoms with Crippen LogP contribution >= 0.6 is 0 Å². The largest absolute Gasteiger partial charge is 0.480 e. The molecule has 1 aromatic carbocycles. The van der Waals surface area contributed by atoms with Gasteiger partial charge >= 0.3 is 23.9 Å². The molecule has 13 nitrogen and oxygen atoms in total. The number of carboxylic acids is 4. The van der Waals surface area contributed by atoms with Crippen LogP contribution in [0.5, 0.6) is 0 Å². The highest BCUT2D eigenvalue weighted by Gasteiger charge is 2.27. The summed E-state index contributed by atoms with van der Waals surface area (Å²) >= 11 is 0. The van der Waals surface area contributed by atoms with Crippen molar-refractivity contribution in [2.45, 2.75) is 77.2 Å². The Morgan fingerprint density at radius 1 is 0.644 bits per heavy atom. The number of hydrogen-bond acceptors (Lipinski definition) is 8. The fourth-order valence-electron chi connectivity index (χ4n) is 5.19. The van der Waals surface area contributed by atoms with Crippen molar-refractivity contribution < 1.29 is 44.4 Å². The van der Waals surface area contributed by atoms with E-state index in [4.69, 9.17) is 10.2 Å². The molecule has 0 aliphatic heterocycles. The molecule has 0 bridgehead atoms. The summed E-state index contributed by atoms with van der Waals surface area (Å²) < 4.78 is 0. The predicted octanol–water partition coefficient (Wildman–Crippen LogP) is 2.49. The summed E-state index contributed by atoms with van der Waals surface area (Å²) in [6, 6.07) is 8.63. The zero-order chi connectivity index (χ0) is 33.5. The van der Waals surface area contributed by atoms with Crippen molar-refractivity contribution >= 4 is 29.8 Å². The van der Waals surface area contributed by atoms with Crippen molar-refractivity contribution in [2.24, 2.45) is 0 Å². The SMILES string of the molecule is CCCCCCCCCCCNC(=O)CN(CC(=O)O)C(Cc1ccccc1)CN(CCN(CC(=O)O)CC(=O)O)CC(=O)O. The lowest BCUT2D eigenvalue weighted by molar-refractivity contribution is -0.143. The number of nitrogens with zero attached hydrogens (tertiary/aromatic N) is 3. The van der Waals surface area contributed by atoms with Crippen LogP contribution in [0.3, 0.4) is 0 Å². The van der Waals surface area contributed by atoms with Gasteiger partial charge < -0.3 is 25.7 Å². The fraction of sp³-hybridized carbons (Fsp3) is 0.656. The summed E-state index contributed by atoms with van der Waals surface area (Å²) in [6.07, 6.45) is 10.6. The first kappa shape index (κ1) is 39.5. The van der Waals surface area contributed by atoms with Crippen LogP contribution in [-0.4, -0.2) is 130 Å². The van der Waals surface area contributed by atoms with E-state index in [2.05, 4.69) is 12.2 Å². The number of carboxylic acid groups (broad SMARTS) is 4. The van der Waals surface area contributed by atoms with Crippen LogP contribution in [0.15, 0.2) is 30.3 Å². The maximum absolute atomic E-state index is 12.9. The Morgan fingerprint density at radius 3 is 1.67 bits per heavy atom. The molecule has 0 fully saturated rings. The first-order valence-electron chi connectivity index (χ1n) is 15.9. The number of benzene rings is 1. The van der Waals surface area contributed by atoms with Crippen LogP contribution in [0.1, 0.15) is 70.3 Å². The van der Waals surface area contributed by atoms with Gasteiger partial charge in [0.25, 0.3) is 0 Å². The number of aliphatic carboxylic acids is 4. The maximum Gasteiger partial charge on any atom is 0.317 e. The summed E-state index contributed by atoms with van der Waals surface area (Å²) in [5.41, 5.74) is 0.863. The van der Waals surface area contributed by atoms with Gasteiger partial charge in [0, 0.05) is 32.2 Å². The minimum atomic E-state index is -1.22. The summed E-state index contributed by atoms with van der Waals surface area (Å²) in [5, 5.41) is 40.5. The molecule has 0 aliphatic carbocycles. The lowest BCUT2D eigenvalue weighted by Gasteiger charge is -2.35. The third kappa shape index (κ3) is 20.9. The minimum Gasteiger partial charge on any atom is -0.480 e. The topological polar surface area (TPSA) is 188 Å². The summed E-state index contributed by atoms with van der Waals surface area (Å²) in [5.74, 6) is -5.06. The first-order chi connectivity index (χ1) is 21.5. The van der Waals surface area contributed by atoms with E-state index in [1.165, 1.54) is 53.2 Å². The Hall–Kier alpha value is -3.55. The molecule has 0 aromatic heterocycles. The average molecular weight is 637 g/mol. The predicted molar refractivity (Wildman–Crippen MR) is 169 cm³/mol. The molecular formula is C32H52N4O9. The molecule has 1 amide bonds. The minimum absolute atomic E-state index is 0.0177. The van der Waals surface area contributed by atoms with E-state index >= 15 is 0 Å². The van der Waals surface area contributed by atoms with Crippen LogP contribution in [0, 0.1) is 0 Å². The van der Waals surface area contributed by atoms with Gasteiger partial charge in [0.2, 0.25) is 5.91 Å². The molecule has 13 heteroatoms. The Balaban J connectivity index is 2.95. The van der Waals surface area contributed by atoms with Crippen LogP contribution < -0.4 is 5.32 Å². The molecule has 0 heterocycles. The zero-order valence-electron chi connectivity index (χ0n) is 26.6. The van der Waals surface area contributed by atoms with Crippen LogP contribution in [0.4, 0.5) is 0 Å². The normalized spacial score (nSPS) is 12.0. The highest BCUT2D eigenvalue weighted by atomic mass is 16.4. The molecule has 45 heavy (non-hydrogen) atoms. The Morgan fingerprint density at radius 2 is 1.13 bits per heavy atom.